The lowest BCUT2D eigenvalue weighted by Crippen LogP contribution is -2.60. The fourth-order valence-corrected chi connectivity index (χ4v) is 5.66. The van der Waals surface area contributed by atoms with Crippen LogP contribution in [0.2, 0.25) is 0 Å². The van der Waals surface area contributed by atoms with Crippen LogP contribution in [0, 0.1) is 0 Å². The molecule has 0 saturated carbocycles. The summed E-state index contributed by atoms with van der Waals surface area (Å²) in [4.78, 5) is 24.8. The van der Waals surface area contributed by atoms with Crippen molar-refractivity contribution < 1.29 is 88.7 Å². The largest absolute Gasteiger partial charge is 0.571 e. The zero-order valence-corrected chi connectivity index (χ0v) is 25.3. The number of cyclic esters (lactones) is 2. The van der Waals surface area contributed by atoms with Crippen molar-refractivity contribution in [1.29, 1.82) is 0 Å². The van der Waals surface area contributed by atoms with Crippen LogP contribution in [0.1, 0.15) is 23.7 Å². The van der Waals surface area contributed by atoms with E-state index in [1.807, 2.05) is 0 Å². The number of carbonyl (C=O) groups excluding carboxylic acids is 2. The van der Waals surface area contributed by atoms with Crippen LogP contribution in [0.15, 0.2) is 42.2 Å². The summed E-state index contributed by atoms with van der Waals surface area (Å²) < 4.78 is 37.9. The summed E-state index contributed by atoms with van der Waals surface area (Å²) in [6.07, 6.45) is -20.1. The third-order valence-corrected chi connectivity index (χ3v) is 8.40. The first-order chi connectivity index (χ1) is 23.3. The standard InChI is InChI=1S/C31H34O18/c32-12-3-1-11(2-4-12)28-18-7-14-16(45-28)5-13(33)6-17(14)46-30-26(40)25(39)23(37)20(49-30)10-44-29(42)15(34)8-21(35)43-9-19-22(36)24(38)27(41)31(47-18)48-19/h1-7,15,19-20,22-28,30-34,36-41H,8-10H2/p+1/t15-,19-,20-,22-,23-,24-,25+,26-,27+,28?,30-,31-/m1/s1. The number of esters is 2. The summed E-state index contributed by atoms with van der Waals surface area (Å²) in [5.41, 5.74) is 0.571. The lowest BCUT2D eigenvalue weighted by atomic mass is 9.98. The highest BCUT2D eigenvalue weighted by molar-refractivity contribution is 5.81. The average molecular weight is 696 g/mol. The maximum Gasteiger partial charge on any atom is 0.335 e. The van der Waals surface area contributed by atoms with Gasteiger partial charge in [-0.15, -0.1) is 0 Å². The number of phenolic OH excluding ortho intramolecular Hbond substituents is 2. The summed E-state index contributed by atoms with van der Waals surface area (Å²) >= 11 is 0. The van der Waals surface area contributed by atoms with Gasteiger partial charge in [-0.2, -0.15) is 0 Å². The van der Waals surface area contributed by atoms with Gasteiger partial charge in [0.05, 0.1) is 18.1 Å². The maximum absolute atomic E-state index is 12.4. The van der Waals surface area contributed by atoms with Crippen LogP contribution in [-0.2, 0) is 33.3 Å². The Labute approximate surface area is 276 Å². The molecule has 4 aliphatic heterocycles. The summed E-state index contributed by atoms with van der Waals surface area (Å²) in [6.45, 7) is -1.47. The Morgan fingerprint density at radius 1 is 0.673 bits per heavy atom. The molecule has 0 aliphatic carbocycles. The summed E-state index contributed by atoms with van der Waals surface area (Å²) in [6, 6.07) is 8.22. The Morgan fingerprint density at radius 3 is 1.90 bits per heavy atom. The van der Waals surface area contributed by atoms with Gasteiger partial charge in [-0.1, -0.05) is 0 Å². The van der Waals surface area contributed by atoms with Crippen LogP contribution in [0.3, 0.4) is 0 Å². The van der Waals surface area contributed by atoms with Crippen LogP contribution in [-0.4, -0.2) is 143 Å². The molecule has 0 aromatic heterocycles. The number of benzene rings is 2. The predicted molar refractivity (Wildman–Crippen MR) is 156 cm³/mol. The molecule has 18 heteroatoms. The van der Waals surface area contributed by atoms with Crippen molar-refractivity contribution >= 4 is 18.0 Å². The Hall–Kier alpha value is -4.24. The monoisotopic (exact) mass is 695 g/mol. The number of rotatable bonds is 1. The molecule has 1 unspecified atom stereocenters. The van der Waals surface area contributed by atoms with Crippen molar-refractivity contribution in [3.05, 3.63) is 53.3 Å². The topological polar surface area (TPSA) is 284 Å². The quantitative estimate of drug-likeness (QED) is 0.108. The molecule has 18 nitrogen and oxygen atoms in total. The number of fused-ring (bicyclic) bond motifs is 4. The normalized spacial score (nSPS) is 36.8. The molecule has 266 valence electrons. The highest BCUT2D eigenvalue weighted by Gasteiger charge is 2.49. The third-order valence-electron chi connectivity index (χ3n) is 8.40. The lowest BCUT2D eigenvalue weighted by molar-refractivity contribution is -0.296. The van der Waals surface area contributed by atoms with Gasteiger partial charge >= 0.3 is 11.9 Å². The first kappa shape index (κ1) is 34.6. The molecule has 2 aromatic rings. The Balaban J connectivity index is 1.42. The minimum absolute atomic E-state index is 0.0417. The van der Waals surface area contributed by atoms with E-state index in [9.17, 15) is 55.5 Å². The van der Waals surface area contributed by atoms with E-state index < -0.39 is 105 Å². The summed E-state index contributed by atoms with van der Waals surface area (Å²) in [5, 5.41) is 94.5. The Morgan fingerprint density at radius 2 is 1.27 bits per heavy atom. The smallest absolute Gasteiger partial charge is 0.335 e. The van der Waals surface area contributed by atoms with Gasteiger partial charge in [0.25, 0.3) is 11.9 Å². The molecule has 0 spiro atoms. The number of phenols is 2. The van der Waals surface area contributed by atoms with Crippen LogP contribution >= 0.6 is 0 Å². The first-order valence-corrected chi connectivity index (χ1v) is 15.1. The fourth-order valence-electron chi connectivity index (χ4n) is 5.66. The number of hydrogen-bond donors (Lipinski definition) is 9. The SMILES string of the molecule is O=C1C[C@@H](O)C(=O)OC[C@H]2O[C@@H](Oc3cc(O)cc4c3C=C(O[C@@H]3O[C@H](CO1)[C@@H](O)[C@@H](O)[C@@H]3O)C(c1ccc(O)cc1)[OH+]4)[C@H](O)[C@@H](O)[C@@H]2O. The minimum atomic E-state index is -2.05. The lowest BCUT2D eigenvalue weighted by Gasteiger charge is -2.41. The second-order valence-electron chi connectivity index (χ2n) is 11.8. The van der Waals surface area contributed by atoms with Crippen molar-refractivity contribution in [3.63, 3.8) is 0 Å². The molecule has 6 rings (SSSR count). The van der Waals surface area contributed by atoms with E-state index in [0.717, 1.165) is 6.07 Å². The molecular formula is C31H35O18+. The number of hydrogen-bond acceptors (Lipinski definition) is 17. The molecule has 49 heavy (non-hydrogen) atoms. The molecule has 2 aromatic carbocycles. The summed E-state index contributed by atoms with van der Waals surface area (Å²) in [7, 11) is 0. The van der Waals surface area contributed by atoms with E-state index in [1.165, 1.54) is 36.4 Å². The molecule has 6 bridgehead atoms. The first-order valence-electron chi connectivity index (χ1n) is 15.1. The van der Waals surface area contributed by atoms with Gasteiger partial charge in [-0.25, -0.2) is 4.79 Å². The van der Waals surface area contributed by atoms with Gasteiger partial charge < -0.3 is 79.1 Å². The van der Waals surface area contributed by atoms with Gasteiger partial charge in [0.1, 0.15) is 84.9 Å². The van der Waals surface area contributed by atoms with Crippen LogP contribution in [0.4, 0.5) is 0 Å². The molecular weight excluding hydrogens is 660 g/mol. The van der Waals surface area contributed by atoms with Crippen molar-refractivity contribution in [2.24, 2.45) is 0 Å². The Kier molecular flexibility index (Phi) is 9.85. The highest BCUT2D eigenvalue weighted by atomic mass is 16.7. The molecule has 4 heterocycles. The van der Waals surface area contributed by atoms with Crippen molar-refractivity contribution in [2.45, 2.75) is 80.0 Å². The van der Waals surface area contributed by atoms with E-state index in [0.29, 0.717) is 5.56 Å². The number of aliphatic hydroxyl groups excluding tert-OH is 7. The molecule has 2 saturated heterocycles. The van der Waals surface area contributed by atoms with Gasteiger partial charge in [-0.05, 0) is 24.3 Å². The van der Waals surface area contributed by atoms with E-state index in [2.05, 4.69) is 4.74 Å². The van der Waals surface area contributed by atoms with Crippen LogP contribution in [0.5, 0.6) is 23.0 Å². The van der Waals surface area contributed by atoms with Gasteiger partial charge in [0.2, 0.25) is 12.6 Å². The van der Waals surface area contributed by atoms with Crippen molar-refractivity contribution in [2.75, 3.05) is 13.2 Å². The molecule has 0 amide bonds. The van der Waals surface area contributed by atoms with E-state index >= 15 is 0 Å². The van der Waals surface area contributed by atoms with Crippen LogP contribution in [0.25, 0.3) is 6.08 Å². The zero-order chi connectivity index (χ0) is 35.1. The fraction of sp³-hybridized carbons (Fsp3) is 0.484. The van der Waals surface area contributed by atoms with Gasteiger partial charge in [0, 0.05) is 12.1 Å². The zero-order valence-electron chi connectivity index (χ0n) is 25.3. The predicted octanol–water partition coefficient (Wildman–Crippen LogP) is -2.70. The van der Waals surface area contributed by atoms with E-state index in [4.69, 9.17) is 28.4 Å². The highest BCUT2D eigenvalue weighted by Crippen LogP contribution is 2.46. The number of ether oxygens (including phenoxy) is 7. The maximum atomic E-state index is 12.4. The molecule has 4 aliphatic rings. The summed E-state index contributed by atoms with van der Waals surface area (Å²) in [5.74, 6) is -2.97. The number of aromatic hydroxyl groups is 3. The van der Waals surface area contributed by atoms with Crippen molar-refractivity contribution in [1.82, 2.24) is 0 Å². The molecule has 10 N–H and O–H groups in total. The van der Waals surface area contributed by atoms with E-state index in [1.54, 1.807) is 0 Å². The third kappa shape index (κ3) is 7.09. The van der Waals surface area contributed by atoms with E-state index in [-0.39, 0.29) is 34.3 Å². The second kappa shape index (κ2) is 13.9. The van der Waals surface area contributed by atoms with Crippen LogP contribution < -0.4 is 4.74 Å². The Bertz CT molecular complexity index is 1560. The molecule has 0 radical (unpaired) electrons. The molecule has 2 fully saturated rings. The number of carbonyl (C=O) groups is 2. The van der Waals surface area contributed by atoms with Crippen molar-refractivity contribution in [3.8, 4) is 23.0 Å². The minimum Gasteiger partial charge on any atom is -0.571 e. The van der Waals surface area contributed by atoms with Gasteiger partial charge in [0.15, 0.2) is 11.9 Å². The number of aliphatic hydroxyl groups is 8. The van der Waals surface area contributed by atoms with Gasteiger partial charge in [-0.3, -0.25) is 4.79 Å². The average Bonchev–Trinajstić information content (AvgIpc) is 3.07. The molecule has 12 atom stereocenters. The second-order valence-corrected chi connectivity index (χ2v) is 11.8.